The fourth-order valence-corrected chi connectivity index (χ4v) is 5.55. The Bertz CT molecular complexity index is 1460. The van der Waals surface area contributed by atoms with E-state index in [4.69, 9.17) is 9.47 Å². The van der Waals surface area contributed by atoms with Crippen molar-refractivity contribution in [3.05, 3.63) is 64.6 Å². The number of nitrogens with zero attached hydrogens (tertiary/aromatic N) is 4. The molecule has 0 spiro atoms. The fourth-order valence-electron chi connectivity index (χ4n) is 4.37. The minimum absolute atomic E-state index is 0.106. The van der Waals surface area contributed by atoms with Crippen molar-refractivity contribution in [2.45, 2.75) is 52.7 Å². The molecule has 9 nitrogen and oxygen atoms in total. The van der Waals surface area contributed by atoms with E-state index < -0.39 is 5.60 Å². The first kappa shape index (κ1) is 25.9. The van der Waals surface area contributed by atoms with E-state index >= 15 is 0 Å². The predicted molar refractivity (Wildman–Crippen MR) is 147 cm³/mol. The van der Waals surface area contributed by atoms with Gasteiger partial charge in [-0.1, -0.05) is 0 Å². The highest BCUT2D eigenvalue weighted by molar-refractivity contribution is 7.19. The summed E-state index contributed by atoms with van der Waals surface area (Å²) in [6.07, 6.45) is 4.38. The van der Waals surface area contributed by atoms with Crippen molar-refractivity contribution in [2.24, 2.45) is 0 Å². The second-order valence-electron chi connectivity index (χ2n) is 10.2. The van der Waals surface area contributed by atoms with Crippen LogP contribution in [-0.4, -0.2) is 49.7 Å². The number of pyridine rings is 1. The Labute approximate surface area is 225 Å². The zero-order chi connectivity index (χ0) is 26.9. The van der Waals surface area contributed by atoms with Crippen molar-refractivity contribution in [1.29, 1.82) is 0 Å². The van der Waals surface area contributed by atoms with Crippen LogP contribution < -0.4 is 10.1 Å². The number of aromatic nitrogens is 3. The van der Waals surface area contributed by atoms with Crippen LogP contribution in [0.2, 0.25) is 0 Å². The highest BCUT2D eigenvalue weighted by Crippen LogP contribution is 2.37. The zero-order valence-electron chi connectivity index (χ0n) is 21.9. The number of benzene rings is 1. The number of rotatable bonds is 5. The lowest BCUT2D eigenvalue weighted by atomic mass is 10.1. The van der Waals surface area contributed by atoms with Gasteiger partial charge in [0.2, 0.25) is 0 Å². The minimum Gasteiger partial charge on any atom is -0.455 e. The van der Waals surface area contributed by atoms with Gasteiger partial charge in [0.1, 0.15) is 34.1 Å². The Morgan fingerprint density at radius 1 is 1.13 bits per heavy atom. The molecule has 2 N–H and O–H groups in total. The van der Waals surface area contributed by atoms with Gasteiger partial charge in [-0.25, -0.2) is 14.8 Å². The predicted octanol–water partition coefficient (Wildman–Crippen LogP) is 5.76. The van der Waals surface area contributed by atoms with Crippen molar-refractivity contribution in [1.82, 2.24) is 19.9 Å². The number of carbonyl (C=O) groups excluding carboxylic acids is 1. The Kier molecular flexibility index (Phi) is 7.18. The Balaban J connectivity index is 1.35. The highest BCUT2D eigenvalue weighted by Gasteiger charge is 2.27. The molecule has 0 radical (unpaired) electrons. The second kappa shape index (κ2) is 10.5. The number of hydrogen-bond donors (Lipinski definition) is 2. The SMILES string of the molecule is Cc1cc(Nc2ncnc3sc4c(c23)CCN(C(=O)OC(C)(C)C)CC4)ccc1Oc1ccc(CO)nc1. The third kappa shape index (κ3) is 5.71. The summed E-state index contributed by atoms with van der Waals surface area (Å²) in [5.41, 5.74) is 3.09. The van der Waals surface area contributed by atoms with E-state index in [0.717, 1.165) is 33.7 Å². The lowest BCUT2D eigenvalue weighted by molar-refractivity contribution is 0.0259. The van der Waals surface area contributed by atoms with Crippen LogP contribution in [0.3, 0.4) is 0 Å². The van der Waals surface area contributed by atoms with Gasteiger partial charge in [-0.05, 0) is 82.0 Å². The largest absolute Gasteiger partial charge is 0.455 e. The maximum Gasteiger partial charge on any atom is 0.410 e. The molecular formula is C28H31N5O4S. The van der Waals surface area contributed by atoms with Crippen LogP contribution in [0.5, 0.6) is 11.5 Å². The number of nitrogens with one attached hydrogen (secondary N) is 1. The summed E-state index contributed by atoms with van der Waals surface area (Å²) >= 11 is 1.66. The zero-order valence-corrected chi connectivity index (χ0v) is 22.8. The first-order valence-corrected chi connectivity index (χ1v) is 13.4. The molecule has 0 aliphatic carbocycles. The quantitative estimate of drug-likeness (QED) is 0.333. The number of aryl methyl sites for hydroxylation is 1. The summed E-state index contributed by atoms with van der Waals surface area (Å²) in [5, 5.41) is 13.7. The molecule has 0 saturated heterocycles. The average Bonchev–Trinajstić information content (AvgIpc) is 3.10. The van der Waals surface area contributed by atoms with Gasteiger partial charge >= 0.3 is 6.09 Å². The standard InChI is InChI=1S/C28H31N5O4S/c1-17-13-18(6-8-22(17)36-20-7-5-19(15-34)29-14-20)32-25-24-21-9-11-33(27(35)37-28(2,3)4)12-10-23(21)38-26(24)31-16-30-25/h5-8,13-14,16,34H,9-12,15H2,1-4H3,(H,30,31,32). The van der Waals surface area contributed by atoms with Crippen LogP contribution >= 0.6 is 11.3 Å². The summed E-state index contributed by atoms with van der Waals surface area (Å²) in [4.78, 5) is 29.9. The van der Waals surface area contributed by atoms with Crippen LogP contribution in [0.15, 0.2) is 42.9 Å². The molecule has 198 valence electrons. The van der Waals surface area contributed by atoms with Gasteiger partial charge in [0, 0.05) is 23.7 Å². The van der Waals surface area contributed by atoms with Gasteiger partial charge in [-0.2, -0.15) is 0 Å². The third-order valence-electron chi connectivity index (χ3n) is 6.19. The molecular weight excluding hydrogens is 502 g/mol. The van der Waals surface area contributed by atoms with Crippen LogP contribution in [0.25, 0.3) is 10.2 Å². The van der Waals surface area contributed by atoms with Gasteiger partial charge < -0.3 is 24.8 Å². The average molecular weight is 534 g/mol. The lowest BCUT2D eigenvalue weighted by Crippen LogP contribution is -2.38. The first-order chi connectivity index (χ1) is 18.2. The molecule has 0 bridgehead atoms. The smallest absolute Gasteiger partial charge is 0.410 e. The van der Waals surface area contributed by atoms with Gasteiger partial charge in [-0.15, -0.1) is 11.3 Å². The van der Waals surface area contributed by atoms with Gasteiger partial charge in [0.05, 0.1) is 23.9 Å². The highest BCUT2D eigenvalue weighted by atomic mass is 32.1. The Morgan fingerprint density at radius 2 is 1.95 bits per heavy atom. The Morgan fingerprint density at radius 3 is 2.66 bits per heavy atom. The topological polar surface area (TPSA) is 110 Å². The molecule has 3 aromatic heterocycles. The number of carbonyl (C=O) groups is 1. The van der Waals surface area contributed by atoms with Gasteiger partial charge in [0.15, 0.2) is 0 Å². The summed E-state index contributed by atoms with van der Waals surface area (Å²) in [5.74, 6) is 2.06. The maximum absolute atomic E-state index is 12.7. The normalized spacial score (nSPS) is 13.7. The second-order valence-corrected chi connectivity index (χ2v) is 11.3. The van der Waals surface area contributed by atoms with Crippen molar-refractivity contribution < 1.29 is 19.4 Å². The first-order valence-electron chi connectivity index (χ1n) is 12.5. The molecule has 0 fully saturated rings. The number of fused-ring (bicyclic) bond motifs is 3. The van der Waals surface area contributed by atoms with E-state index in [1.165, 1.54) is 10.4 Å². The summed E-state index contributed by atoms with van der Waals surface area (Å²) in [6.45, 7) is 8.73. The molecule has 1 aliphatic heterocycles. The molecule has 4 aromatic rings. The number of aliphatic hydroxyl groups excluding tert-OH is 1. The Hall–Kier alpha value is -3.76. The van der Waals surface area contributed by atoms with Crippen LogP contribution in [-0.2, 0) is 24.2 Å². The lowest BCUT2D eigenvalue weighted by Gasteiger charge is -2.26. The molecule has 0 unspecified atom stereocenters. The number of anilines is 2. The van der Waals surface area contributed by atoms with E-state index in [1.54, 1.807) is 40.9 Å². The fraction of sp³-hybridized carbons (Fsp3) is 0.357. The number of amides is 1. The monoisotopic (exact) mass is 533 g/mol. The molecule has 5 rings (SSSR count). The van der Waals surface area contributed by atoms with E-state index in [2.05, 4.69) is 20.3 Å². The van der Waals surface area contributed by atoms with Gasteiger partial charge in [-0.3, -0.25) is 4.98 Å². The van der Waals surface area contributed by atoms with E-state index in [0.29, 0.717) is 36.7 Å². The molecule has 1 aliphatic rings. The number of aliphatic hydroxyl groups is 1. The number of ether oxygens (including phenoxy) is 2. The van der Waals surface area contributed by atoms with E-state index in [-0.39, 0.29) is 12.7 Å². The molecule has 38 heavy (non-hydrogen) atoms. The molecule has 0 saturated carbocycles. The van der Waals surface area contributed by atoms with Crippen LogP contribution in [0.4, 0.5) is 16.3 Å². The maximum atomic E-state index is 12.7. The van der Waals surface area contributed by atoms with Crippen LogP contribution in [0, 0.1) is 6.92 Å². The molecule has 10 heteroatoms. The van der Waals surface area contributed by atoms with Crippen LogP contribution in [0.1, 0.15) is 42.5 Å². The summed E-state index contributed by atoms with van der Waals surface area (Å²) < 4.78 is 11.6. The van der Waals surface area contributed by atoms with Crippen molar-refractivity contribution in [3.63, 3.8) is 0 Å². The summed E-state index contributed by atoms with van der Waals surface area (Å²) in [6, 6.07) is 9.38. The molecule has 0 atom stereocenters. The number of hydrogen-bond acceptors (Lipinski definition) is 9. The van der Waals surface area contributed by atoms with Crippen molar-refractivity contribution >= 4 is 39.2 Å². The number of thiophene rings is 1. The van der Waals surface area contributed by atoms with E-state index in [1.807, 2.05) is 45.9 Å². The summed E-state index contributed by atoms with van der Waals surface area (Å²) in [7, 11) is 0. The minimum atomic E-state index is -0.522. The van der Waals surface area contributed by atoms with E-state index in [9.17, 15) is 9.90 Å². The molecule has 1 amide bonds. The van der Waals surface area contributed by atoms with Crippen molar-refractivity contribution in [3.8, 4) is 11.5 Å². The van der Waals surface area contributed by atoms with Gasteiger partial charge in [0.25, 0.3) is 0 Å². The molecule has 1 aromatic carbocycles. The van der Waals surface area contributed by atoms with Crippen molar-refractivity contribution in [2.75, 3.05) is 18.4 Å². The third-order valence-corrected chi connectivity index (χ3v) is 7.39. The molecule has 4 heterocycles.